The molecule has 0 unspecified atom stereocenters. The number of hydrogen-bond acceptors (Lipinski definition) is 6. The topological polar surface area (TPSA) is 64.7 Å². The molecule has 0 bridgehead atoms. The Balaban J connectivity index is 1.94. The van der Waals surface area contributed by atoms with Crippen molar-refractivity contribution in [1.29, 1.82) is 0 Å². The zero-order valence-electron chi connectivity index (χ0n) is 8.70. The Morgan fingerprint density at radius 2 is 2.06 bits per heavy atom. The molecule has 0 spiro atoms. The maximum absolute atomic E-state index is 5.61. The van der Waals surface area contributed by atoms with Crippen molar-refractivity contribution in [3.05, 3.63) is 36.7 Å². The predicted octanol–water partition coefficient (Wildman–Crippen LogP) is 2.82. The second kappa shape index (κ2) is 4.31. The number of aromatic nitrogens is 3. The van der Waals surface area contributed by atoms with Crippen LogP contribution in [-0.4, -0.2) is 15.0 Å². The molecule has 0 aliphatic heterocycles. The summed E-state index contributed by atoms with van der Waals surface area (Å²) in [5, 5.41) is 0.816. The van der Waals surface area contributed by atoms with Crippen LogP contribution in [0.2, 0.25) is 0 Å². The van der Waals surface area contributed by atoms with Crippen molar-refractivity contribution in [3.63, 3.8) is 0 Å². The minimum absolute atomic E-state index is 0.476. The van der Waals surface area contributed by atoms with Crippen molar-refractivity contribution in [2.75, 3.05) is 5.73 Å². The van der Waals surface area contributed by atoms with Crippen LogP contribution >= 0.6 is 23.1 Å². The van der Waals surface area contributed by atoms with Gasteiger partial charge in [0.2, 0.25) is 0 Å². The Morgan fingerprint density at radius 3 is 2.88 bits per heavy atom. The first-order chi connectivity index (χ1) is 8.31. The number of fused-ring (bicyclic) bond motifs is 1. The van der Waals surface area contributed by atoms with E-state index in [0.29, 0.717) is 5.82 Å². The second-order valence-electron chi connectivity index (χ2n) is 3.33. The molecule has 3 rings (SSSR count). The maximum Gasteiger partial charge on any atom is 0.157 e. The first-order valence-corrected chi connectivity index (χ1v) is 6.55. The molecule has 3 aromatic rings. The molecule has 0 aliphatic rings. The standard InChI is InChI=1S/C11H8N4S2/c12-9-5-10(14-6-13-9)17-11-15-7-3-1-2-4-8(7)16-11/h1-6H,(H2,12,13,14). The molecular weight excluding hydrogens is 252 g/mol. The third-order valence-corrected chi connectivity index (χ3v) is 4.16. The van der Waals surface area contributed by atoms with Gasteiger partial charge in [0.15, 0.2) is 4.34 Å². The summed E-state index contributed by atoms with van der Waals surface area (Å²) in [7, 11) is 0. The van der Waals surface area contributed by atoms with E-state index in [9.17, 15) is 0 Å². The summed E-state index contributed by atoms with van der Waals surface area (Å²) in [5.41, 5.74) is 6.62. The van der Waals surface area contributed by atoms with Gasteiger partial charge in [-0.1, -0.05) is 12.1 Å². The van der Waals surface area contributed by atoms with Crippen molar-refractivity contribution < 1.29 is 0 Å². The summed E-state index contributed by atoms with van der Waals surface area (Å²) < 4.78 is 2.14. The summed E-state index contributed by atoms with van der Waals surface area (Å²) in [4.78, 5) is 12.5. The summed E-state index contributed by atoms with van der Waals surface area (Å²) in [6, 6.07) is 9.81. The number of hydrogen-bond donors (Lipinski definition) is 1. The summed E-state index contributed by atoms with van der Waals surface area (Å²) in [5.74, 6) is 0.476. The van der Waals surface area contributed by atoms with E-state index in [4.69, 9.17) is 5.73 Å². The van der Waals surface area contributed by atoms with Crippen LogP contribution in [0.3, 0.4) is 0 Å². The molecule has 0 aliphatic carbocycles. The Kier molecular flexibility index (Phi) is 2.66. The third kappa shape index (κ3) is 2.22. The predicted molar refractivity (Wildman–Crippen MR) is 70.2 cm³/mol. The zero-order valence-corrected chi connectivity index (χ0v) is 10.3. The number of benzene rings is 1. The Morgan fingerprint density at radius 1 is 1.18 bits per heavy atom. The fraction of sp³-hybridized carbons (Fsp3) is 0. The SMILES string of the molecule is Nc1cc(Sc2nc3ccccc3s2)ncn1. The molecule has 1 aromatic carbocycles. The molecule has 6 heteroatoms. The van der Waals surface area contributed by atoms with Crippen molar-refractivity contribution in [3.8, 4) is 0 Å². The van der Waals surface area contributed by atoms with Gasteiger partial charge in [-0.05, 0) is 23.9 Å². The van der Waals surface area contributed by atoms with Crippen LogP contribution in [0.5, 0.6) is 0 Å². The lowest BCUT2D eigenvalue weighted by molar-refractivity contribution is 1.05. The van der Waals surface area contributed by atoms with E-state index in [-0.39, 0.29) is 0 Å². The number of para-hydroxylation sites is 1. The van der Waals surface area contributed by atoms with Crippen LogP contribution in [0.1, 0.15) is 0 Å². The highest BCUT2D eigenvalue weighted by Crippen LogP contribution is 2.33. The van der Waals surface area contributed by atoms with Gasteiger partial charge in [0.1, 0.15) is 17.2 Å². The van der Waals surface area contributed by atoms with E-state index >= 15 is 0 Å². The van der Waals surface area contributed by atoms with Crippen molar-refractivity contribution in [2.24, 2.45) is 0 Å². The van der Waals surface area contributed by atoms with Gasteiger partial charge < -0.3 is 5.73 Å². The number of nitrogen functional groups attached to an aromatic ring is 1. The van der Waals surface area contributed by atoms with Crippen molar-refractivity contribution >= 4 is 39.1 Å². The average molecular weight is 260 g/mol. The fourth-order valence-corrected chi connectivity index (χ4v) is 3.39. The van der Waals surface area contributed by atoms with Crippen LogP contribution in [-0.2, 0) is 0 Å². The molecule has 2 N–H and O–H groups in total. The number of rotatable bonds is 2. The van der Waals surface area contributed by atoms with Gasteiger partial charge in [-0.15, -0.1) is 11.3 Å². The van der Waals surface area contributed by atoms with Gasteiger partial charge in [0.05, 0.1) is 10.2 Å². The molecule has 0 saturated carbocycles. The van der Waals surface area contributed by atoms with Crippen LogP contribution in [0, 0.1) is 0 Å². The Labute approximate surface area is 106 Å². The molecule has 17 heavy (non-hydrogen) atoms. The molecule has 84 valence electrons. The lowest BCUT2D eigenvalue weighted by atomic mass is 10.3. The number of nitrogens with zero attached hydrogens (tertiary/aromatic N) is 3. The molecule has 0 radical (unpaired) electrons. The molecule has 0 atom stereocenters. The van der Waals surface area contributed by atoms with E-state index in [0.717, 1.165) is 14.9 Å². The lowest BCUT2D eigenvalue weighted by Crippen LogP contribution is -1.90. The van der Waals surface area contributed by atoms with E-state index < -0.39 is 0 Å². The average Bonchev–Trinajstić information content (AvgIpc) is 2.71. The summed E-state index contributed by atoms with van der Waals surface area (Å²) >= 11 is 3.15. The second-order valence-corrected chi connectivity index (χ2v) is 5.63. The van der Waals surface area contributed by atoms with Crippen LogP contribution < -0.4 is 5.73 Å². The van der Waals surface area contributed by atoms with E-state index in [2.05, 4.69) is 21.0 Å². The molecule has 0 saturated heterocycles. The summed E-state index contributed by atoms with van der Waals surface area (Å²) in [6.45, 7) is 0. The van der Waals surface area contributed by atoms with E-state index in [1.165, 1.54) is 22.8 Å². The first-order valence-electron chi connectivity index (χ1n) is 4.92. The smallest absolute Gasteiger partial charge is 0.157 e. The largest absolute Gasteiger partial charge is 0.384 e. The van der Waals surface area contributed by atoms with Gasteiger partial charge >= 0.3 is 0 Å². The quantitative estimate of drug-likeness (QED) is 0.718. The van der Waals surface area contributed by atoms with Gasteiger partial charge in [-0.2, -0.15) is 0 Å². The number of nitrogens with two attached hydrogens (primary N) is 1. The third-order valence-electron chi connectivity index (χ3n) is 2.13. The molecule has 4 nitrogen and oxygen atoms in total. The molecular formula is C11H8N4S2. The molecule has 0 amide bonds. The highest BCUT2D eigenvalue weighted by molar-refractivity contribution is 8.01. The normalized spacial score (nSPS) is 10.8. The van der Waals surface area contributed by atoms with Crippen LogP contribution in [0.15, 0.2) is 46.0 Å². The Bertz CT molecular complexity index is 632. The molecule has 2 aromatic heterocycles. The van der Waals surface area contributed by atoms with Crippen molar-refractivity contribution in [2.45, 2.75) is 9.37 Å². The van der Waals surface area contributed by atoms with E-state index in [1.54, 1.807) is 17.4 Å². The maximum atomic E-state index is 5.61. The number of anilines is 1. The van der Waals surface area contributed by atoms with Gasteiger partial charge in [0, 0.05) is 6.07 Å². The molecule has 0 fully saturated rings. The van der Waals surface area contributed by atoms with Crippen molar-refractivity contribution in [1.82, 2.24) is 15.0 Å². The highest BCUT2D eigenvalue weighted by Gasteiger charge is 2.06. The minimum atomic E-state index is 0.476. The first kappa shape index (κ1) is 10.5. The van der Waals surface area contributed by atoms with Gasteiger partial charge in [-0.25, -0.2) is 15.0 Å². The summed E-state index contributed by atoms with van der Waals surface area (Å²) in [6.07, 6.45) is 1.46. The van der Waals surface area contributed by atoms with Crippen LogP contribution in [0.4, 0.5) is 5.82 Å². The van der Waals surface area contributed by atoms with Gasteiger partial charge in [0.25, 0.3) is 0 Å². The zero-order chi connectivity index (χ0) is 11.7. The fourth-order valence-electron chi connectivity index (χ4n) is 1.39. The Hall–Kier alpha value is -1.66. The minimum Gasteiger partial charge on any atom is -0.384 e. The highest BCUT2D eigenvalue weighted by atomic mass is 32.2. The number of thiazole rings is 1. The monoisotopic (exact) mass is 260 g/mol. The van der Waals surface area contributed by atoms with Gasteiger partial charge in [-0.3, -0.25) is 0 Å². The lowest BCUT2D eigenvalue weighted by Gasteiger charge is -1.96. The van der Waals surface area contributed by atoms with Crippen LogP contribution in [0.25, 0.3) is 10.2 Å². The molecule has 2 heterocycles. The van der Waals surface area contributed by atoms with E-state index in [1.807, 2.05) is 18.2 Å².